The zero-order chi connectivity index (χ0) is 22.2. The van der Waals surface area contributed by atoms with E-state index in [-0.39, 0.29) is 10.8 Å². The first kappa shape index (κ1) is 21.4. The number of benzene rings is 3. The van der Waals surface area contributed by atoms with Crippen molar-refractivity contribution >= 4 is 55.2 Å². The maximum absolute atomic E-state index is 12.9. The van der Waals surface area contributed by atoms with Crippen molar-refractivity contribution < 1.29 is 13.2 Å². The summed E-state index contributed by atoms with van der Waals surface area (Å²) in [7, 11) is -3.81. The van der Waals surface area contributed by atoms with Crippen LogP contribution in [0.3, 0.4) is 0 Å². The standard InChI is InChI=1S/C22H22N4O3S2/c1-3-26-20-12-11-16(31(23,28)29)13-19(20)25-22(26)30-14(2)21(27)24-18-10-6-8-15-7-4-5-9-17(15)18/h4-14H,3H2,1-2H3,(H,24,27)(H2,23,28,29). The van der Waals surface area contributed by atoms with Crippen molar-refractivity contribution in [3.8, 4) is 0 Å². The molecule has 31 heavy (non-hydrogen) atoms. The molecular formula is C22H22N4O3S2. The Balaban J connectivity index is 1.60. The average molecular weight is 455 g/mol. The van der Waals surface area contributed by atoms with Crippen molar-refractivity contribution in [1.82, 2.24) is 9.55 Å². The number of anilines is 1. The molecule has 0 bridgehead atoms. The molecule has 0 fully saturated rings. The number of rotatable bonds is 6. The van der Waals surface area contributed by atoms with Crippen LogP contribution in [0.4, 0.5) is 5.69 Å². The lowest BCUT2D eigenvalue weighted by Gasteiger charge is -2.14. The summed E-state index contributed by atoms with van der Waals surface area (Å²) in [5.74, 6) is -0.138. The lowest BCUT2D eigenvalue weighted by Crippen LogP contribution is -2.23. The highest BCUT2D eigenvalue weighted by molar-refractivity contribution is 8.00. The SMILES string of the molecule is CCn1c(SC(C)C(=O)Nc2cccc3ccccc23)nc2cc(S(N)(=O)=O)ccc21. The highest BCUT2D eigenvalue weighted by atomic mass is 32.2. The number of carbonyl (C=O) groups excluding carboxylic acids is 1. The van der Waals surface area contributed by atoms with E-state index >= 15 is 0 Å². The summed E-state index contributed by atoms with van der Waals surface area (Å²) in [6, 6.07) is 18.3. The molecule has 1 amide bonds. The summed E-state index contributed by atoms with van der Waals surface area (Å²) in [5.41, 5.74) is 2.08. The molecule has 4 rings (SSSR count). The Morgan fingerprint density at radius 2 is 1.90 bits per heavy atom. The van der Waals surface area contributed by atoms with Gasteiger partial charge in [-0.25, -0.2) is 18.5 Å². The number of hydrogen-bond donors (Lipinski definition) is 2. The molecule has 1 aromatic heterocycles. The summed E-state index contributed by atoms with van der Waals surface area (Å²) < 4.78 is 25.3. The number of amides is 1. The number of hydrogen-bond acceptors (Lipinski definition) is 5. The van der Waals surface area contributed by atoms with E-state index in [0.717, 1.165) is 22.0 Å². The van der Waals surface area contributed by atoms with Crippen LogP contribution in [0, 0.1) is 0 Å². The number of nitrogens with two attached hydrogens (primary N) is 1. The Morgan fingerprint density at radius 3 is 2.65 bits per heavy atom. The number of nitrogens with one attached hydrogen (secondary N) is 1. The molecule has 0 radical (unpaired) electrons. The Hall–Kier alpha value is -2.88. The minimum atomic E-state index is -3.81. The van der Waals surface area contributed by atoms with Gasteiger partial charge in [0, 0.05) is 17.6 Å². The topological polar surface area (TPSA) is 107 Å². The molecule has 0 saturated carbocycles. The lowest BCUT2D eigenvalue weighted by molar-refractivity contribution is -0.115. The van der Waals surface area contributed by atoms with Crippen LogP contribution in [-0.4, -0.2) is 29.1 Å². The predicted octanol–water partition coefficient (Wildman–Crippen LogP) is 3.98. The van der Waals surface area contributed by atoms with Crippen molar-refractivity contribution in [2.45, 2.75) is 35.7 Å². The number of imidazole rings is 1. The van der Waals surface area contributed by atoms with Gasteiger partial charge in [0.05, 0.1) is 21.2 Å². The van der Waals surface area contributed by atoms with Gasteiger partial charge in [-0.15, -0.1) is 0 Å². The zero-order valence-electron chi connectivity index (χ0n) is 17.1. The van der Waals surface area contributed by atoms with Gasteiger partial charge in [-0.3, -0.25) is 4.79 Å². The molecule has 160 valence electrons. The zero-order valence-corrected chi connectivity index (χ0v) is 18.7. The normalized spacial score (nSPS) is 12.9. The number of aromatic nitrogens is 2. The van der Waals surface area contributed by atoms with Crippen LogP contribution in [0.15, 0.2) is 70.7 Å². The molecule has 0 spiro atoms. The van der Waals surface area contributed by atoms with Crippen LogP contribution < -0.4 is 10.5 Å². The molecule has 0 aliphatic carbocycles. The largest absolute Gasteiger partial charge is 0.325 e. The Labute approximate surface area is 184 Å². The van der Waals surface area contributed by atoms with E-state index in [1.165, 1.54) is 23.9 Å². The van der Waals surface area contributed by atoms with Gasteiger partial charge in [-0.2, -0.15) is 0 Å². The van der Waals surface area contributed by atoms with Crippen LogP contribution in [0.25, 0.3) is 21.8 Å². The minimum Gasteiger partial charge on any atom is -0.325 e. The molecule has 1 atom stereocenters. The maximum atomic E-state index is 12.9. The van der Waals surface area contributed by atoms with Gasteiger partial charge < -0.3 is 9.88 Å². The Kier molecular flexibility index (Phi) is 5.74. The van der Waals surface area contributed by atoms with Gasteiger partial charge in [-0.05, 0) is 43.5 Å². The fourth-order valence-electron chi connectivity index (χ4n) is 3.44. The summed E-state index contributed by atoms with van der Waals surface area (Å²) in [6.07, 6.45) is 0. The molecule has 9 heteroatoms. The van der Waals surface area contributed by atoms with Gasteiger partial charge in [0.25, 0.3) is 0 Å². The predicted molar refractivity (Wildman–Crippen MR) is 125 cm³/mol. The van der Waals surface area contributed by atoms with Gasteiger partial charge in [0.15, 0.2) is 5.16 Å². The Bertz CT molecular complexity index is 1390. The van der Waals surface area contributed by atoms with Crippen molar-refractivity contribution in [2.75, 3.05) is 5.32 Å². The van der Waals surface area contributed by atoms with Gasteiger partial charge >= 0.3 is 0 Å². The molecule has 1 heterocycles. The van der Waals surface area contributed by atoms with Crippen molar-refractivity contribution in [3.05, 3.63) is 60.7 Å². The van der Waals surface area contributed by atoms with Crippen molar-refractivity contribution in [1.29, 1.82) is 0 Å². The second kappa shape index (κ2) is 8.33. The number of fused-ring (bicyclic) bond motifs is 2. The first-order valence-electron chi connectivity index (χ1n) is 9.76. The van der Waals surface area contributed by atoms with E-state index in [1.54, 1.807) is 6.07 Å². The third-order valence-corrected chi connectivity index (χ3v) is 7.03. The molecular weight excluding hydrogens is 432 g/mol. The van der Waals surface area contributed by atoms with E-state index in [2.05, 4.69) is 10.3 Å². The van der Waals surface area contributed by atoms with Gasteiger partial charge in [0.1, 0.15) is 0 Å². The molecule has 4 aromatic rings. The average Bonchev–Trinajstić information content (AvgIpc) is 3.09. The smallest absolute Gasteiger partial charge is 0.238 e. The fraction of sp³-hybridized carbons (Fsp3) is 0.182. The summed E-state index contributed by atoms with van der Waals surface area (Å²) >= 11 is 1.33. The van der Waals surface area contributed by atoms with E-state index in [0.29, 0.717) is 17.2 Å². The number of thioether (sulfide) groups is 1. The lowest BCUT2D eigenvalue weighted by atomic mass is 10.1. The quantitative estimate of drug-likeness (QED) is 0.429. The van der Waals surface area contributed by atoms with E-state index in [4.69, 9.17) is 5.14 Å². The third kappa shape index (κ3) is 4.30. The number of nitrogens with zero attached hydrogens (tertiary/aromatic N) is 2. The first-order valence-corrected chi connectivity index (χ1v) is 12.2. The molecule has 3 aromatic carbocycles. The summed E-state index contributed by atoms with van der Waals surface area (Å²) in [6.45, 7) is 4.42. The third-order valence-electron chi connectivity index (χ3n) is 5.03. The van der Waals surface area contributed by atoms with Gasteiger partial charge in [0.2, 0.25) is 15.9 Å². The first-order chi connectivity index (χ1) is 14.8. The fourth-order valence-corrected chi connectivity index (χ4v) is 4.96. The molecule has 0 aliphatic heterocycles. The number of sulfonamides is 1. The second-order valence-corrected chi connectivity index (χ2v) is 9.98. The highest BCUT2D eigenvalue weighted by Gasteiger charge is 2.20. The van der Waals surface area contributed by atoms with E-state index < -0.39 is 15.3 Å². The van der Waals surface area contributed by atoms with Crippen molar-refractivity contribution in [2.24, 2.45) is 5.14 Å². The number of aryl methyl sites for hydroxylation is 1. The van der Waals surface area contributed by atoms with E-state index in [1.807, 2.05) is 60.9 Å². The highest BCUT2D eigenvalue weighted by Crippen LogP contribution is 2.30. The second-order valence-electron chi connectivity index (χ2n) is 7.11. The minimum absolute atomic E-state index is 0.0130. The van der Waals surface area contributed by atoms with Crippen LogP contribution in [0.1, 0.15) is 13.8 Å². The van der Waals surface area contributed by atoms with Crippen LogP contribution in [0.5, 0.6) is 0 Å². The molecule has 7 nitrogen and oxygen atoms in total. The molecule has 0 aliphatic rings. The molecule has 3 N–H and O–H groups in total. The van der Waals surface area contributed by atoms with Crippen molar-refractivity contribution in [3.63, 3.8) is 0 Å². The van der Waals surface area contributed by atoms with Crippen LogP contribution in [-0.2, 0) is 21.4 Å². The maximum Gasteiger partial charge on any atom is 0.238 e. The summed E-state index contributed by atoms with van der Waals surface area (Å²) in [4.78, 5) is 17.5. The number of carbonyl (C=O) groups is 1. The Morgan fingerprint density at radius 1 is 1.16 bits per heavy atom. The van der Waals surface area contributed by atoms with Crippen LogP contribution in [0.2, 0.25) is 0 Å². The van der Waals surface area contributed by atoms with Gasteiger partial charge in [-0.1, -0.05) is 48.2 Å². The monoisotopic (exact) mass is 454 g/mol. The molecule has 0 saturated heterocycles. The summed E-state index contributed by atoms with van der Waals surface area (Å²) in [5, 5.41) is 10.5. The van der Waals surface area contributed by atoms with Crippen LogP contribution >= 0.6 is 11.8 Å². The molecule has 1 unspecified atom stereocenters. The number of primary sulfonamides is 1. The van der Waals surface area contributed by atoms with E-state index in [9.17, 15) is 13.2 Å².